The molecule has 0 bridgehead atoms. The van der Waals surface area contributed by atoms with Crippen LogP contribution in [0.15, 0.2) is 16.9 Å². The molecule has 0 N–H and O–H groups in total. The Kier molecular flexibility index (Phi) is 5.50. The van der Waals surface area contributed by atoms with E-state index in [4.69, 9.17) is 4.52 Å². The number of aromatic nitrogens is 4. The Labute approximate surface area is 148 Å². The third-order valence-electron chi connectivity index (χ3n) is 4.66. The number of likely N-dealkylation sites (tertiary alicyclic amines) is 1. The van der Waals surface area contributed by atoms with Crippen molar-refractivity contribution >= 4 is 5.91 Å². The molecule has 1 saturated heterocycles. The predicted molar refractivity (Wildman–Crippen MR) is 93.0 cm³/mol. The summed E-state index contributed by atoms with van der Waals surface area (Å²) in [5.41, 5.74) is 1.14. The normalized spacial score (nSPS) is 18.1. The Balaban J connectivity index is 1.58. The Bertz CT molecular complexity index is 706. The molecule has 1 fully saturated rings. The SMILES string of the molecule is Cc1cnn(CC2CCCCN2C(=O)CCc2nc(C(C)C)no2)c1. The van der Waals surface area contributed by atoms with E-state index in [0.717, 1.165) is 37.9 Å². The lowest BCUT2D eigenvalue weighted by Crippen LogP contribution is -2.46. The molecular formula is C18H27N5O2. The van der Waals surface area contributed by atoms with Crippen LogP contribution < -0.4 is 0 Å². The minimum absolute atomic E-state index is 0.165. The van der Waals surface area contributed by atoms with Crippen molar-refractivity contribution in [3.8, 4) is 0 Å². The van der Waals surface area contributed by atoms with Crippen LogP contribution in [0.1, 0.15) is 62.7 Å². The zero-order valence-electron chi connectivity index (χ0n) is 15.3. The van der Waals surface area contributed by atoms with E-state index in [-0.39, 0.29) is 17.9 Å². The van der Waals surface area contributed by atoms with Crippen LogP contribution in [0.3, 0.4) is 0 Å². The van der Waals surface area contributed by atoms with Crippen molar-refractivity contribution in [1.29, 1.82) is 0 Å². The van der Waals surface area contributed by atoms with Gasteiger partial charge in [0.2, 0.25) is 11.8 Å². The number of aryl methyl sites for hydroxylation is 2. The lowest BCUT2D eigenvalue weighted by Gasteiger charge is -2.35. The minimum atomic E-state index is 0.165. The first-order chi connectivity index (χ1) is 12.0. The van der Waals surface area contributed by atoms with Crippen molar-refractivity contribution in [3.05, 3.63) is 29.7 Å². The molecule has 1 unspecified atom stereocenters. The molecular weight excluding hydrogens is 318 g/mol. The largest absolute Gasteiger partial charge is 0.339 e. The molecule has 7 heteroatoms. The van der Waals surface area contributed by atoms with Crippen molar-refractivity contribution in [1.82, 2.24) is 24.8 Å². The lowest BCUT2D eigenvalue weighted by molar-refractivity contribution is -0.135. The summed E-state index contributed by atoms with van der Waals surface area (Å²) >= 11 is 0. The second-order valence-corrected chi connectivity index (χ2v) is 7.18. The fourth-order valence-corrected chi connectivity index (χ4v) is 3.26. The molecule has 2 aromatic rings. The number of hydrogen-bond donors (Lipinski definition) is 0. The number of piperidine rings is 1. The average molecular weight is 345 g/mol. The van der Waals surface area contributed by atoms with Gasteiger partial charge in [-0.3, -0.25) is 9.48 Å². The van der Waals surface area contributed by atoms with Gasteiger partial charge in [-0.05, 0) is 31.7 Å². The topological polar surface area (TPSA) is 77.1 Å². The van der Waals surface area contributed by atoms with Crippen molar-refractivity contribution < 1.29 is 9.32 Å². The second-order valence-electron chi connectivity index (χ2n) is 7.18. The molecule has 0 aromatic carbocycles. The molecule has 25 heavy (non-hydrogen) atoms. The van der Waals surface area contributed by atoms with Crippen molar-refractivity contribution in [2.45, 2.75) is 71.4 Å². The summed E-state index contributed by atoms with van der Waals surface area (Å²) in [6.07, 6.45) is 8.06. The average Bonchev–Trinajstić information content (AvgIpc) is 3.22. The molecule has 7 nitrogen and oxygen atoms in total. The summed E-state index contributed by atoms with van der Waals surface area (Å²) in [6.45, 7) is 7.66. The van der Waals surface area contributed by atoms with Crippen LogP contribution in [-0.4, -0.2) is 43.3 Å². The van der Waals surface area contributed by atoms with Crippen molar-refractivity contribution in [2.24, 2.45) is 0 Å². The van der Waals surface area contributed by atoms with Gasteiger partial charge in [-0.25, -0.2) is 0 Å². The molecule has 2 aromatic heterocycles. The first kappa shape index (κ1) is 17.6. The van der Waals surface area contributed by atoms with Crippen LogP contribution in [0, 0.1) is 6.92 Å². The zero-order chi connectivity index (χ0) is 17.8. The summed E-state index contributed by atoms with van der Waals surface area (Å²) in [6, 6.07) is 0.217. The summed E-state index contributed by atoms with van der Waals surface area (Å²) in [4.78, 5) is 19.1. The van der Waals surface area contributed by atoms with E-state index in [0.29, 0.717) is 24.6 Å². The highest BCUT2D eigenvalue weighted by molar-refractivity contribution is 5.76. The Hall–Kier alpha value is -2.18. The monoisotopic (exact) mass is 345 g/mol. The van der Waals surface area contributed by atoms with Crippen LogP contribution in [-0.2, 0) is 17.8 Å². The Morgan fingerprint density at radius 2 is 2.24 bits per heavy atom. The molecule has 0 radical (unpaired) electrons. The van der Waals surface area contributed by atoms with Gasteiger partial charge in [0.15, 0.2) is 5.82 Å². The maximum Gasteiger partial charge on any atom is 0.227 e. The van der Waals surface area contributed by atoms with Crippen LogP contribution in [0.5, 0.6) is 0 Å². The fraction of sp³-hybridized carbons (Fsp3) is 0.667. The van der Waals surface area contributed by atoms with Crippen LogP contribution in [0.2, 0.25) is 0 Å². The number of hydrogen-bond acceptors (Lipinski definition) is 5. The van der Waals surface area contributed by atoms with Gasteiger partial charge < -0.3 is 9.42 Å². The van der Waals surface area contributed by atoms with Crippen LogP contribution in [0.4, 0.5) is 0 Å². The van der Waals surface area contributed by atoms with Gasteiger partial charge in [0.25, 0.3) is 0 Å². The van der Waals surface area contributed by atoms with Crippen LogP contribution >= 0.6 is 0 Å². The Morgan fingerprint density at radius 1 is 1.40 bits per heavy atom. The van der Waals surface area contributed by atoms with Crippen molar-refractivity contribution in [3.63, 3.8) is 0 Å². The first-order valence-electron chi connectivity index (χ1n) is 9.14. The van der Waals surface area contributed by atoms with E-state index in [1.54, 1.807) is 0 Å². The lowest BCUT2D eigenvalue weighted by atomic mass is 10.0. The minimum Gasteiger partial charge on any atom is -0.339 e. The van der Waals surface area contributed by atoms with Crippen LogP contribution in [0.25, 0.3) is 0 Å². The maximum atomic E-state index is 12.7. The predicted octanol–water partition coefficient (Wildman–Crippen LogP) is 2.71. The van der Waals surface area contributed by atoms with E-state index >= 15 is 0 Å². The van der Waals surface area contributed by atoms with E-state index in [9.17, 15) is 4.79 Å². The maximum absolute atomic E-state index is 12.7. The van der Waals surface area contributed by atoms with Gasteiger partial charge in [0.1, 0.15) is 0 Å². The quantitative estimate of drug-likeness (QED) is 0.804. The summed E-state index contributed by atoms with van der Waals surface area (Å²) < 4.78 is 7.19. The molecule has 3 rings (SSSR count). The summed E-state index contributed by atoms with van der Waals surface area (Å²) in [7, 11) is 0. The number of rotatable bonds is 6. The summed E-state index contributed by atoms with van der Waals surface area (Å²) in [5, 5.41) is 8.32. The van der Waals surface area contributed by atoms with Gasteiger partial charge in [-0.1, -0.05) is 19.0 Å². The highest BCUT2D eigenvalue weighted by Crippen LogP contribution is 2.20. The third-order valence-corrected chi connectivity index (χ3v) is 4.66. The Morgan fingerprint density at radius 3 is 2.92 bits per heavy atom. The molecule has 1 amide bonds. The summed E-state index contributed by atoms with van der Waals surface area (Å²) in [5.74, 6) is 1.65. The molecule has 1 aliphatic rings. The number of carbonyl (C=O) groups is 1. The van der Waals surface area contributed by atoms with Gasteiger partial charge in [0.05, 0.1) is 18.8 Å². The standard InChI is InChI=1S/C18H27N5O2/c1-13(2)18-20-16(25-21-18)7-8-17(24)23-9-5-4-6-15(23)12-22-11-14(3)10-19-22/h10-11,13,15H,4-9,12H2,1-3H3. The van der Waals surface area contributed by atoms with E-state index in [1.165, 1.54) is 0 Å². The fourth-order valence-electron chi connectivity index (χ4n) is 3.26. The molecule has 1 atom stereocenters. The van der Waals surface area contributed by atoms with Gasteiger partial charge in [-0.2, -0.15) is 10.1 Å². The molecule has 1 aliphatic heterocycles. The molecule has 136 valence electrons. The number of nitrogens with zero attached hydrogens (tertiary/aromatic N) is 5. The smallest absolute Gasteiger partial charge is 0.227 e. The molecule has 3 heterocycles. The van der Waals surface area contributed by atoms with Gasteiger partial charge in [-0.15, -0.1) is 0 Å². The molecule has 0 spiro atoms. The first-order valence-corrected chi connectivity index (χ1v) is 9.14. The van der Waals surface area contributed by atoms with E-state index in [1.807, 2.05) is 42.7 Å². The highest BCUT2D eigenvalue weighted by Gasteiger charge is 2.27. The van der Waals surface area contributed by atoms with Crippen molar-refractivity contribution in [2.75, 3.05) is 6.54 Å². The van der Waals surface area contributed by atoms with Gasteiger partial charge >= 0.3 is 0 Å². The second kappa shape index (κ2) is 7.80. The molecule has 0 aliphatic carbocycles. The highest BCUT2D eigenvalue weighted by atomic mass is 16.5. The third kappa shape index (κ3) is 4.46. The van der Waals surface area contributed by atoms with E-state index < -0.39 is 0 Å². The van der Waals surface area contributed by atoms with Gasteiger partial charge in [0, 0.05) is 31.5 Å². The molecule has 0 saturated carbocycles. The number of carbonyl (C=O) groups excluding carboxylic acids is 1. The zero-order valence-corrected chi connectivity index (χ0v) is 15.3. The van der Waals surface area contributed by atoms with E-state index in [2.05, 4.69) is 15.2 Å². The number of amides is 1.